The normalized spacial score (nSPS) is 17.4. The Kier molecular flexibility index (Phi) is 16.0. The molecule has 0 aromatic heterocycles. The summed E-state index contributed by atoms with van der Waals surface area (Å²) in [6.07, 6.45) is 6.36. The molecule has 0 fully saturated rings. The molecule has 12 aromatic carbocycles. The van der Waals surface area contributed by atoms with Crippen molar-refractivity contribution >= 4 is 92.3 Å². The Morgan fingerprint density at radius 1 is 0.326 bits per heavy atom. The number of ether oxygens (including phenoxy) is 1. The highest BCUT2D eigenvalue weighted by atomic mass is 31.2. The molecule has 0 bridgehead atoms. The Balaban J connectivity index is 0.782. The fourth-order valence-electron chi connectivity index (χ4n) is 12.9. The summed E-state index contributed by atoms with van der Waals surface area (Å²) in [5.41, 5.74) is 12.2. The first-order valence-corrected chi connectivity index (χ1v) is 37.5. The molecule has 0 amide bonds. The van der Waals surface area contributed by atoms with E-state index in [2.05, 4.69) is 92.0 Å². The number of fused-ring (bicyclic) bond motifs is 9. The van der Waals surface area contributed by atoms with Gasteiger partial charge in [0.05, 0.1) is 31.8 Å². The van der Waals surface area contributed by atoms with Gasteiger partial charge in [-0.3, -0.25) is 13.7 Å². The first-order chi connectivity index (χ1) is 45.1. The molecular formula is C80H61O7P5. The molecule has 7 nitrogen and oxygen atoms in total. The summed E-state index contributed by atoms with van der Waals surface area (Å²) in [7, 11) is -10.0. The van der Waals surface area contributed by atoms with Gasteiger partial charge in [-0.05, 0) is 169 Å². The summed E-state index contributed by atoms with van der Waals surface area (Å²) in [5, 5.41) is 8.52. The molecule has 0 saturated carbocycles. The van der Waals surface area contributed by atoms with Gasteiger partial charge in [-0.25, -0.2) is 0 Å². The van der Waals surface area contributed by atoms with Gasteiger partial charge in [0.15, 0.2) is 0 Å². The van der Waals surface area contributed by atoms with Crippen molar-refractivity contribution in [2.45, 2.75) is 25.7 Å². The fraction of sp³-hybridized carbons (Fsp3) is 0.0500. The van der Waals surface area contributed by atoms with Crippen LogP contribution in [-0.4, -0.2) is 0 Å². The molecule has 5 atom stereocenters. The third-order valence-electron chi connectivity index (χ3n) is 17.4. The molecule has 12 heteroatoms. The minimum atomic E-state index is -3.58. The molecule has 3 aliphatic heterocycles. The van der Waals surface area contributed by atoms with E-state index in [0.29, 0.717) is 80.5 Å². The smallest absolute Gasteiger partial charge is 0.307 e. The number of rotatable bonds is 17. The molecule has 0 spiro atoms. The molecule has 0 aliphatic carbocycles. The molecule has 0 radical (unpaired) electrons. The fourth-order valence-corrected chi connectivity index (χ4v) is 22.3. The van der Waals surface area contributed by atoms with E-state index in [0.717, 1.165) is 72.0 Å². The van der Waals surface area contributed by atoms with Crippen molar-refractivity contribution in [3.63, 3.8) is 0 Å². The summed E-state index contributed by atoms with van der Waals surface area (Å²) in [5.74, 6) is 3.14. The summed E-state index contributed by atoms with van der Waals surface area (Å²) in [6, 6.07) is 90.2. The van der Waals surface area contributed by atoms with Gasteiger partial charge in [-0.1, -0.05) is 217 Å². The average molecular weight is 1290 g/mol. The van der Waals surface area contributed by atoms with E-state index < -0.39 is 22.1 Å². The Morgan fingerprint density at radius 3 is 0.989 bits per heavy atom. The second-order valence-corrected chi connectivity index (χ2v) is 32.6. The minimum Gasteiger partial charge on any atom is -0.457 e. The SMILES string of the molecule is C=CCc1cccc(Cc2cccc(Cc3cccc(CC=C)c3Pc3ccc(P4(=O)Oc5ccccc5-c5ccccc54)cc3)c2Oc2ccc(P3(=O)Oc4ccccc4-c4ccccc43)cc2)c1Pc1ccc(P2(=O)Oc3ccccc3-c3ccccc32)cc1. The van der Waals surface area contributed by atoms with Crippen molar-refractivity contribution in [1.82, 2.24) is 0 Å². The van der Waals surface area contributed by atoms with Crippen molar-refractivity contribution in [3.8, 4) is 62.1 Å². The van der Waals surface area contributed by atoms with E-state index in [1.165, 1.54) is 21.7 Å². The second-order valence-electron chi connectivity index (χ2n) is 23.1. The lowest BCUT2D eigenvalue weighted by atomic mass is 9.95. The number of hydrogen-bond acceptors (Lipinski definition) is 7. The lowest BCUT2D eigenvalue weighted by molar-refractivity contribution is 0.472. The van der Waals surface area contributed by atoms with Gasteiger partial charge in [0.2, 0.25) is 0 Å². The molecule has 0 saturated heterocycles. The molecule has 15 rings (SSSR count). The molecule has 92 heavy (non-hydrogen) atoms. The van der Waals surface area contributed by atoms with Crippen molar-refractivity contribution in [2.24, 2.45) is 0 Å². The van der Waals surface area contributed by atoms with E-state index in [1.54, 1.807) is 0 Å². The molecule has 3 aliphatic rings. The van der Waals surface area contributed by atoms with Crippen LogP contribution in [0, 0.1) is 0 Å². The van der Waals surface area contributed by atoms with Crippen LogP contribution in [0.5, 0.6) is 28.7 Å². The third-order valence-corrected chi connectivity index (χ3v) is 27.8. The Labute approximate surface area is 540 Å². The van der Waals surface area contributed by atoms with Crippen molar-refractivity contribution in [1.29, 1.82) is 0 Å². The van der Waals surface area contributed by atoms with Crippen LogP contribution in [0.15, 0.2) is 298 Å². The number of allylic oxidation sites excluding steroid dienone is 2. The standard InChI is InChI=1S/C80H61O7P5/c1-3-20-54-22-17-26-58(79(54)88-61-42-48-64(49-43-61)91(82)76-38-15-9-32-70(76)67-29-6-12-35-73(67)86-91)52-56-24-19-25-57(78(56)84-60-40-46-63(47-41-60)90(81)75-37-14-8-31-69(75)66-28-5-11-34-72(66)85-90)53-59-27-18-23-55(21-4-2)80(59)89-62-44-50-65(51-45-62)92(83)77-39-16-10-33-71(77)68-30-7-13-36-74(68)87-92/h3-19,22-51,88-89H,1-2,20-21,52-53H2. The number of hydrogen-bond donors (Lipinski definition) is 0. The summed E-state index contributed by atoms with van der Waals surface area (Å²) in [4.78, 5) is 0. The van der Waals surface area contributed by atoms with Gasteiger partial charge in [-0.15, -0.1) is 13.2 Å². The topological polar surface area (TPSA) is 88.1 Å². The van der Waals surface area contributed by atoms with Gasteiger partial charge >= 0.3 is 22.1 Å². The van der Waals surface area contributed by atoms with Crippen LogP contribution >= 0.6 is 39.3 Å². The maximum absolute atomic E-state index is 15.3. The molecule has 3 heterocycles. The van der Waals surface area contributed by atoms with Crippen LogP contribution in [0.2, 0.25) is 0 Å². The minimum absolute atomic E-state index is 0.262. The number of para-hydroxylation sites is 4. The highest BCUT2D eigenvalue weighted by Crippen LogP contribution is 2.56. The molecule has 0 N–H and O–H groups in total. The zero-order valence-corrected chi connectivity index (χ0v) is 54.8. The summed E-state index contributed by atoms with van der Waals surface area (Å²) in [6.45, 7) is 8.36. The van der Waals surface area contributed by atoms with Crippen LogP contribution in [0.25, 0.3) is 33.4 Å². The zero-order valence-electron chi connectivity index (χ0n) is 50.1. The zero-order chi connectivity index (χ0) is 62.4. The lowest BCUT2D eigenvalue weighted by Gasteiger charge is -2.29. The van der Waals surface area contributed by atoms with Crippen molar-refractivity contribution < 1.29 is 32.0 Å². The third kappa shape index (κ3) is 10.9. The van der Waals surface area contributed by atoms with Crippen LogP contribution in [-0.2, 0) is 39.4 Å². The van der Waals surface area contributed by atoms with Crippen LogP contribution in [0.3, 0.4) is 0 Å². The first kappa shape index (κ1) is 59.2. The van der Waals surface area contributed by atoms with E-state index in [-0.39, 0.29) is 17.2 Å². The highest BCUT2D eigenvalue weighted by molar-refractivity contribution is 7.76. The van der Waals surface area contributed by atoms with Gasteiger partial charge < -0.3 is 18.3 Å². The lowest BCUT2D eigenvalue weighted by Crippen LogP contribution is -2.25. The van der Waals surface area contributed by atoms with Gasteiger partial charge in [0.1, 0.15) is 28.7 Å². The predicted molar refractivity (Wildman–Crippen MR) is 385 cm³/mol. The van der Waals surface area contributed by atoms with E-state index in [9.17, 15) is 0 Å². The predicted octanol–water partition coefficient (Wildman–Crippen LogP) is 16.2. The summed E-state index contributed by atoms with van der Waals surface area (Å²) < 4.78 is 72.5. The van der Waals surface area contributed by atoms with E-state index in [4.69, 9.17) is 18.3 Å². The van der Waals surface area contributed by atoms with E-state index >= 15 is 13.7 Å². The molecule has 5 unspecified atom stereocenters. The van der Waals surface area contributed by atoms with Crippen molar-refractivity contribution in [2.75, 3.05) is 0 Å². The average Bonchev–Trinajstić information content (AvgIpc) is 0.758. The highest BCUT2D eigenvalue weighted by Gasteiger charge is 2.40. The van der Waals surface area contributed by atoms with Gasteiger partial charge in [0.25, 0.3) is 0 Å². The Morgan fingerprint density at radius 2 is 0.630 bits per heavy atom. The van der Waals surface area contributed by atoms with Crippen LogP contribution in [0.4, 0.5) is 0 Å². The molecular weight excluding hydrogens is 1230 g/mol. The van der Waals surface area contributed by atoms with Crippen molar-refractivity contribution in [3.05, 3.63) is 332 Å². The van der Waals surface area contributed by atoms with Gasteiger partial charge in [0, 0.05) is 29.5 Å². The Bertz CT molecular complexity index is 4800. The monoisotopic (exact) mass is 1290 g/mol. The van der Waals surface area contributed by atoms with Crippen LogP contribution in [0.1, 0.15) is 33.4 Å². The quantitative estimate of drug-likeness (QED) is 0.0663. The van der Waals surface area contributed by atoms with Gasteiger partial charge in [-0.2, -0.15) is 0 Å². The largest absolute Gasteiger partial charge is 0.457 e. The van der Waals surface area contributed by atoms with Crippen LogP contribution < -0.4 is 71.4 Å². The first-order valence-electron chi connectivity index (χ1n) is 30.6. The number of benzene rings is 12. The second kappa shape index (κ2) is 24.8. The maximum atomic E-state index is 15.3. The Hall–Kier alpha value is -9.13. The summed E-state index contributed by atoms with van der Waals surface area (Å²) >= 11 is 0. The maximum Gasteiger partial charge on any atom is 0.307 e. The molecule has 448 valence electrons. The molecule has 12 aromatic rings. The van der Waals surface area contributed by atoms with E-state index in [1.807, 2.05) is 206 Å².